The Morgan fingerprint density at radius 1 is 0.862 bits per heavy atom. The first-order valence-electron chi connectivity index (χ1n) is 9.04. The number of hydrogen-bond donors (Lipinski definition) is 1. The molecule has 0 unspecified atom stereocenters. The van der Waals surface area contributed by atoms with Crippen molar-refractivity contribution in [1.29, 1.82) is 0 Å². The van der Waals surface area contributed by atoms with Gasteiger partial charge in [0.25, 0.3) is 5.91 Å². The van der Waals surface area contributed by atoms with Gasteiger partial charge in [-0.15, -0.1) is 0 Å². The van der Waals surface area contributed by atoms with Crippen LogP contribution in [0.3, 0.4) is 0 Å². The highest BCUT2D eigenvalue weighted by Crippen LogP contribution is 2.30. The number of ether oxygens (including phenoxy) is 4. The number of rotatable bonds is 9. The van der Waals surface area contributed by atoms with E-state index in [2.05, 4.69) is 10.1 Å². The molecule has 154 valence electrons. The molecule has 1 amide bonds. The summed E-state index contributed by atoms with van der Waals surface area (Å²) in [6.07, 6.45) is 0. The van der Waals surface area contributed by atoms with Gasteiger partial charge in [0.15, 0.2) is 18.1 Å². The molecule has 0 saturated carbocycles. The second-order valence-electron chi connectivity index (χ2n) is 5.69. The molecule has 8 nitrogen and oxygen atoms in total. The van der Waals surface area contributed by atoms with Gasteiger partial charge in [0, 0.05) is 11.8 Å². The molecule has 2 rings (SSSR count). The van der Waals surface area contributed by atoms with E-state index in [4.69, 9.17) is 14.2 Å². The van der Waals surface area contributed by atoms with Crippen LogP contribution in [0, 0.1) is 0 Å². The third kappa shape index (κ3) is 5.97. The van der Waals surface area contributed by atoms with Crippen LogP contribution in [0.5, 0.6) is 11.5 Å². The van der Waals surface area contributed by atoms with Crippen LogP contribution < -0.4 is 14.8 Å². The molecule has 1 N–H and O–H groups in total. The molecular formula is C21H23NO7. The molecule has 29 heavy (non-hydrogen) atoms. The summed E-state index contributed by atoms with van der Waals surface area (Å²) in [6, 6.07) is 11.0. The van der Waals surface area contributed by atoms with Gasteiger partial charge in [0.1, 0.15) is 0 Å². The highest BCUT2D eigenvalue weighted by Gasteiger charge is 2.19. The monoisotopic (exact) mass is 401 g/mol. The molecule has 0 atom stereocenters. The molecule has 2 aromatic rings. The molecule has 0 aromatic heterocycles. The van der Waals surface area contributed by atoms with Crippen LogP contribution in [-0.2, 0) is 14.3 Å². The maximum absolute atomic E-state index is 12.3. The van der Waals surface area contributed by atoms with Crippen LogP contribution in [0.2, 0.25) is 0 Å². The molecule has 0 aliphatic rings. The molecule has 0 spiro atoms. The highest BCUT2D eigenvalue weighted by atomic mass is 16.5. The molecule has 0 aliphatic carbocycles. The fraction of sp³-hybridized carbons (Fsp3) is 0.286. The predicted octanol–water partition coefficient (Wildman–Crippen LogP) is 3.07. The standard InChI is InChI=1S/C21H23NO7/c1-4-27-17-11-10-14(12-18(17)28-5-2)22-19(23)13-29-21(25)16-9-7-6-8-15(16)20(24)26-3/h6-12H,4-5,13H2,1-3H3,(H,22,23). The zero-order valence-electron chi connectivity index (χ0n) is 16.5. The SMILES string of the molecule is CCOc1ccc(NC(=O)COC(=O)c2ccccc2C(=O)OC)cc1OCC. The average Bonchev–Trinajstić information content (AvgIpc) is 2.73. The van der Waals surface area contributed by atoms with Crippen molar-refractivity contribution in [2.45, 2.75) is 13.8 Å². The quantitative estimate of drug-likeness (QED) is 0.645. The molecule has 0 radical (unpaired) electrons. The molecule has 0 saturated heterocycles. The van der Waals surface area contributed by atoms with E-state index in [1.54, 1.807) is 30.3 Å². The van der Waals surface area contributed by atoms with Crippen LogP contribution in [0.1, 0.15) is 34.6 Å². The van der Waals surface area contributed by atoms with Crippen LogP contribution in [0.15, 0.2) is 42.5 Å². The van der Waals surface area contributed by atoms with Crippen molar-refractivity contribution in [3.8, 4) is 11.5 Å². The topological polar surface area (TPSA) is 100 Å². The lowest BCUT2D eigenvalue weighted by atomic mass is 10.1. The second kappa shape index (κ2) is 10.7. The smallest absolute Gasteiger partial charge is 0.339 e. The Morgan fingerprint density at radius 2 is 1.48 bits per heavy atom. The van der Waals surface area contributed by atoms with Crippen LogP contribution in [0.4, 0.5) is 5.69 Å². The van der Waals surface area contributed by atoms with Crippen molar-refractivity contribution < 1.29 is 33.3 Å². The number of carbonyl (C=O) groups is 3. The third-order valence-electron chi connectivity index (χ3n) is 3.71. The minimum Gasteiger partial charge on any atom is -0.490 e. The first-order valence-corrected chi connectivity index (χ1v) is 9.04. The van der Waals surface area contributed by atoms with Gasteiger partial charge in [0.2, 0.25) is 0 Å². The number of esters is 2. The Kier molecular flexibility index (Phi) is 8.02. The van der Waals surface area contributed by atoms with Crippen LogP contribution in [-0.4, -0.2) is 44.8 Å². The van der Waals surface area contributed by atoms with E-state index in [0.29, 0.717) is 30.4 Å². The van der Waals surface area contributed by atoms with Crippen molar-refractivity contribution in [1.82, 2.24) is 0 Å². The number of benzene rings is 2. The maximum Gasteiger partial charge on any atom is 0.339 e. The summed E-state index contributed by atoms with van der Waals surface area (Å²) >= 11 is 0. The van der Waals surface area contributed by atoms with Crippen molar-refractivity contribution in [2.24, 2.45) is 0 Å². The maximum atomic E-state index is 12.3. The van der Waals surface area contributed by atoms with E-state index in [0.717, 1.165) is 0 Å². The van der Waals surface area contributed by atoms with Gasteiger partial charge in [-0.2, -0.15) is 0 Å². The molecule has 0 bridgehead atoms. The van der Waals surface area contributed by atoms with Gasteiger partial charge < -0.3 is 24.3 Å². The molecule has 2 aromatic carbocycles. The average molecular weight is 401 g/mol. The third-order valence-corrected chi connectivity index (χ3v) is 3.71. The summed E-state index contributed by atoms with van der Waals surface area (Å²) < 4.78 is 20.6. The zero-order valence-corrected chi connectivity index (χ0v) is 16.5. The molecule has 8 heteroatoms. The molecule has 0 aliphatic heterocycles. The lowest BCUT2D eigenvalue weighted by molar-refractivity contribution is -0.119. The Labute approximate surface area is 168 Å². The summed E-state index contributed by atoms with van der Waals surface area (Å²) in [7, 11) is 1.21. The fourth-order valence-corrected chi connectivity index (χ4v) is 2.48. The van der Waals surface area contributed by atoms with Gasteiger partial charge >= 0.3 is 11.9 Å². The number of nitrogens with one attached hydrogen (secondary N) is 1. The van der Waals surface area contributed by atoms with E-state index >= 15 is 0 Å². The fourth-order valence-electron chi connectivity index (χ4n) is 2.48. The first kappa shape index (κ1) is 21.7. The van der Waals surface area contributed by atoms with Crippen molar-refractivity contribution in [3.63, 3.8) is 0 Å². The minimum absolute atomic E-state index is 0.0202. The Bertz CT molecular complexity index is 879. The van der Waals surface area contributed by atoms with E-state index in [-0.39, 0.29) is 11.1 Å². The lowest BCUT2D eigenvalue weighted by Crippen LogP contribution is -2.22. The number of carbonyl (C=O) groups excluding carboxylic acids is 3. The first-order chi connectivity index (χ1) is 14.0. The van der Waals surface area contributed by atoms with E-state index in [1.165, 1.54) is 19.2 Å². The van der Waals surface area contributed by atoms with Gasteiger partial charge in [-0.25, -0.2) is 9.59 Å². The summed E-state index contributed by atoms with van der Waals surface area (Å²) in [6.45, 7) is 4.10. The van der Waals surface area contributed by atoms with E-state index in [1.807, 2.05) is 13.8 Å². The second-order valence-corrected chi connectivity index (χ2v) is 5.69. The largest absolute Gasteiger partial charge is 0.490 e. The van der Waals surface area contributed by atoms with Crippen molar-refractivity contribution in [2.75, 3.05) is 32.2 Å². The molecular weight excluding hydrogens is 378 g/mol. The highest BCUT2D eigenvalue weighted by molar-refractivity contribution is 6.04. The Morgan fingerprint density at radius 3 is 2.10 bits per heavy atom. The number of anilines is 1. The Hall–Kier alpha value is -3.55. The molecule has 0 heterocycles. The van der Waals surface area contributed by atoms with Crippen molar-refractivity contribution in [3.05, 3.63) is 53.6 Å². The lowest BCUT2D eigenvalue weighted by Gasteiger charge is -2.13. The number of hydrogen-bond acceptors (Lipinski definition) is 7. The number of methoxy groups -OCH3 is 1. The zero-order chi connectivity index (χ0) is 21.2. The number of amides is 1. The summed E-state index contributed by atoms with van der Waals surface area (Å²) in [5, 5.41) is 2.62. The van der Waals surface area contributed by atoms with Gasteiger partial charge in [-0.05, 0) is 38.1 Å². The summed E-state index contributed by atoms with van der Waals surface area (Å²) in [5.74, 6) is -0.947. The summed E-state index contributed by atoms with van der Waals surface area (Å²) in [4.78, 5) is 36.1. The van der Waals surface area contributed by atoms with Gasteiger partial charge in [-0.1, -0.05) is 12.1 Å². The van der Waals surface area contributed by atoms with Crippen molar-refractivity contribution >= 4 is 23.5 Å². The van der Waals surface area contributed by atoms with Crippen LogP contribution in [0.25, 0.3) is 0 Å². The normalized spacial score (nSPS) is 10.0. The van der Waals surface area contributed by atoms with E-state index < -0.39 is 24.5 Å². The predicted molar refractivity (Wildman–Crippen MR) is 105 cm³/mol. The Balaban J connectivity index is 2.01. The summed E-state index contributed by atoms with van der Waals surface area (Å²) in [5.41, 5.74) is 0.549. The van der Waals surface area contributed by atoms with Gasteiger partial charge in [-0.3, -0.25) is 4.79 Å². The van der Waals surface area contributed by atoms with E-state index in [9.17, 15) is 14.4 Å². The van der Waals surface area contributed by atoms with Gasteiger partial charge in [0.05, 0.1) is 31.5 Å². The van der Waals surface area contributed by atoms with Crippen LogP contribution >= 0.6 is 0 Å². The minimum atomic E-state index is -0.803. The molecule has 0 fully saturated rings.